The number of nitrogens with zero attached hydrogens (tertiary/aromatic N) is 1. The Morgan fingerprint density at radius 2 is 2.00 bits per heavy atom. The number of hydrogen-bond donors (Lipinski definition) is 1. The summed E-state index contributed by atoms with van der Waals surface area (Å²) >= 11 is 0. The van der Waals surface area contributed by atoms with E-state index < -0.39 is 0 Å². The van der Waals surface area contributed by atoms with Crippen LogP contribution in [0.5, 0.6) is 5.75 Å². The fraction of sp³-hybridized carbons (Fsp3) is 0.200. The van der Waals surface area contributed by atoms with Crippen LogP contribution >= 0.6 is 0 Å². The van der Waals surface area contributed by atoms with Crippen molar-refractivity contribution in [3.05, 3.63) is 64.2 Å². The molecule has 0 unspecified atom stereocenters. The Hall–Kier alpha value is -2.56. The lowest BCUT2D eigenvalue weighted by Crippen LogP contribution is -2.06. The number of hydrogen-bond acceptors (Lipinski definition) is 4. The molecular weight excluding hydrogens is 256 g/mol. The van der Waals surface area contributed by atoms with Gasteiger partial charge in [-0.25, -0.2) is 0 Å². The summed E-state index contributed by atoms with van der Waals surface area (Å²) in [6, 6.07) is 14.4. The summed E-state index contributed by atoms with van der Waals surface area (Å²) in [6.45, 7) is 0.623. The molecule has 0 bridgehead atoms. The van der Waals surface area contributed by atoms with E-state index in [1.807, 2.05) is 30.3 Å². The summed E-state index contributed by atoms with van der Waals surface area (Å²) in [4.78, 5) is 10.6. The SMILES string of the molecule is COc1cccc(NCCc2ccccc2[N+](=O)[O-])c1. The minimum Gasteiger partial charge on any atom is -0.497 e. The average Bonchev–Trinajstić information content (AvgIpc) is 2.48. The van der Waals surface area contributed by atoms with E-state index in [9.17, 15) is 10.1 Å². The number of benzene rings is 2. The van der Waals surface area contributed by atoms with Crippen molar-refractivity contribution in [1.82, 2.24) is 0 Å². The molecule has 0 heterocycles. The Bertz CT molecular complexity index is 599. The van der Waals surface area contributed by atoms with E-state index in [-0.39, 0.29) is 10.6 Å². The quantitative estimate of drug-likeness (QED) is 0.647. The number of ether oxygens (including phenoxy) is 1. The molecule has 0 radical (unpaired) electrons. The summed E-state index contributed by atoms with van der Waals surface area (Å²) < 4.78 is 5.14. The highest BCUT2D eigenvalue weighted by molar-refractivity contribution is 5.48. The van der Waals surface area contributed by atoms with Crippen LogP contribution in [0.4, 0.5) is 11.4 Å². The smallest absolute Gasteiger partial charge is 0.272 e. The second kappa shape index (κ2) is 6.56. The molecule has 104 valence electrons. The van der Waals surface area contributed by atoms with Crippen LogP contribution in [0, 0.1) is 10.1 Å². The number of para-hydroxylation sites is 1. The molecule has 2 aromatic rings. The molecule has 0 aliphatic rings. The minimum absolute atomic E-state index is 0.167. The van der Waals surface area contributed by atoms with Gasteiger partial charge in [-0.2, -0.15) is 0 Å². The summed E-state index contributed by atoms with van der Waals surface area (Å²) in [5.74, 6) is 0.778. The summed E-state index contributed by atoms with van der Waals surface area (Å²) in [7, 11) is 1.62. The number of nitro benzene ring substituents is 1. The fourth-order valence-electron chi connectivity index (χ4n) is 1.97. The van der Waals surface area contributed by atoms with Crippen LogP contribution in [0.2, 0.25) is 0 Å². The molecular formula is C15H16N2O3. The van der Waals surface area contributed by atoms with Crippen molar-refractivity contribution in [2.24, 2.45) is 0 Å². The molecule has 0 saturated heterocycles. The Balaban J connectivity index is 1.97. The molecule has 0 atom stereocenters. The number of anilines is 1. The van der Waals surface area contributed by atoms with Crippen molar-refractivity contribution in [3.63, 3.8) is 0 Å². The maximum Gasteiger partial charge on any atom is 0.272 e. The number of nitro groups is 1. The third-order valence-electron chi connectivity index (χ3n) is 2.98. The van der Waals surface area contributed by atoms with Gasteiger partial charge in [0.2, 0.25) is 0 Å². The first-order chi connectivity index (χ1) is 9.70. The second-order valence-electron chi connectivity index (χ2n) is 4.29. The highest BCUT2D eigenvalue weighted by Crippen LogP contribution is 2.19. The van der Waals surface area contributed by atoms with E-state index in [1.54, 1.807) is 19.2 Å². The van der Waals surface area contributed by atoms with Gasteiger partial charge < -0.3 is 10.1 Å². The summed E-state index contributed by atoms with van der Waals surface area (Å²) in [6.07, 6.45) is 0.592. The molecule has 5 heteroatoms. The van der Waals surface area contributed by atoms with Crippen LogP contribution in [0.25, 0.3) is 0 Å². The van der Waals surface area contributed by atoms with Gasteiger partial charge >= 0.3 is 0 Å². The number of methoxy groups -OCH3 is 1. The highest BCUT2D eigenvalue weighted by Gasteiger charge is 2.11. The molecule has 20 heavy (non-hydrogen) atoms. The predicted molar refractivity (Wildman–Crippen MR) is 78.3 cm³/mol. The van der Waals surface area contributed by atoms with E-state index in [0.717, 1.165) is 17.0 Å². The van der Waals surface area contributed by atoms with Gasteiger partial charge in [-0.05, 0) is 18.6 Å². The van der Waals surface area contributed by atoms with Gasteiger partial charge in [-0.3, -0.25) is 10.1 Å². The standard InChI is InChI=1S/C15H16N2O3/c1-20-14-7-4-6-13(11-14)16-10-9-12-5-2-3-8-15(12)17(18)19/h2-8,11,16H,9-10H2,1H3. The van der Waals surface area contributed by atoms with Crippen molar-refractivity contribution in [3.8, 4) is 5.75 Å². The Morgan fingerprint density at radius 1 is 1.20 bits per heavy atom. The lowest BCUT2D eigenvalue weighted by atomic mass is 10.1. The first-order valence-corrected chi connectivity index (χ1v) is 6.31. The average molecular weight is 272 g/mol. The molecule has 0 fully saturated rings. The summed E-state index contributed by atoms with van der Waals surface area (Å²) in [5.41, 5.74) is 1.83. The van der Waals surface area contributed by atoms with Crippen LogP contribution < -0.4 is 10.1 Å². The molecule has 1 N–H and O–H groups in total. The molecule has 0 aliphatic carbocycles. The maximum absolute atomic E-state index is 10.9. The van der Waals surface area contributed by atoms with Gasteiger partial charge in [0.1, 0.15) is 5.75 Å². The minimum atomic E-state index is -0.346. The van der Waals surface area contributed by atoms with Crippen molar-refractivity contribution in [2.45, 2.75) is 6.42 Å². The van der Waals surface area contributed by atoms with E-state index in [1.165, 1.54) is 6.07 Å². The highest BCUT2D eigenvalue weighted by atomic mass is 16.6. The third-order valence-corrected chi connectivity index (χ3v) is 2.98. The van der Waals surface area contributed by atoms with Crippen LogP contribution in [-0.2, 0) is 6.42 Å². The van der Waals surface area contributed by atoms with Gasteiger partial charge in [-0.15, -0.1) is 0 Å². The Kier molecular flexibility index (Phi) is 4.55. The van der Waals surface area contributed by atoms with E-state index in [2.05, 4.69) is 5.32 Å². The van der Waals surface area contributed by atoms with Crippen molar-refractivity contribution < 1.29 is 9.66 Å². The van der Waals surface area contributed by atoms with Crippen LogP contribution in [0.1, 0.15) is 5.56 Å². The van der Waals surface area contributed by atoms with Crippen LogP contribution in [-0.4, -0.2) is 18.6 Å². The van der Waals surface area contributed by atoms with Crippen LogP contribution in [0.3, 0.4) is 0 Å². The van der Waals surface area contributed by atoms with Gasteiger partial charge in [0.15, 0.2) is 0 Å². The lowest BCUT2D eigenvalue weighted by molar-refractivity contribution is -0.385. The molecule has 0 aliphatic heterocycles. The normalized spacial score (nSPS) is 10.1. The maximum atomic E-state index is 10.9. The monoisotopic (exact) mass is 272 g/mol. The zero-order valence-electron chi connectivity index (χ0n) is 11.2. The molecule has 5 nitrogen and oxygen atoms in total. The van der Waals surface area contributed by atoms with Gasteiger partial charge in [0.05, 0.1) is 12.0 Å². The predicted octanol–water partition coefficient (Wildman–Crippen LogP) is 3.26. The number of nitrogens with one attached hydrogen (secondary N) is 1. The van der Waals surface area contributed by atoms with Crippen molar-refractivity contribution in [2.75, 3.05) is 19.0 Å². The van der Waals surface area contributed by atoms with E-state index >= 15 is 0 Å². The molecule has 2 aromatic carbocycles. The zero-order chi connectivity index (χ0) is 14.4. The molecule has 0 saturated carbocycles. The molecule has 0 aromatic heterocycles. The molecule has 2 rings (SSSR count). The third kappa shape index (κ3) is 3.47. The van der Waals surface area contributed by atoms with Gasteiger partial charge in [-0.1, -0.05) is 24.3 Å². The summed E-state index contributed by atoms with van der Waals surface area (Å²) in [5, 5.41) is 14.1. The van der Waals surface area contributed by atoms with Crippen molar-refractivity contribution >= 4 is 11.4 Å². The molecule has 0 amide bonds. The van der Waals surface area contributed by atoms with Gasteiger partial charge in [0, 0.05) is 29.9 Å². The molecule has 0 spiro atoms. The van der Waals surface area contributed by atoms with Crippen molar-refractivity contribution in [1.29, 1.82) is 0 Å². The zero-order valence-corrected chi connectivity index (χ0v) is 11.2. The van der Waals surface area contributed by atoms with Gasteiger partial charge in [0.25, 0.3) is 5.69 Å². The van der Waals surface area contributed by atoms with E-state index in [0.29, 0.717) is 13.0 Å². The largest absolute Gasteiger partial charge is 0.497 e. The topological polar surface area (TPSA) is 64.4 Å². The first kappa shape index (κ1) is 13.9. The van der Waals surface area contributed by atoms with Crippen LogP contribution in [0.15, 0.2) is 48.5 Å². The first-order valence-electron chi connectivity index (χ1n) is 6.31. The second-order valence-corrected chi connectivity index (χ2v) is 4.29. The van der Waals surface area contributed by atoms with E-state index in [4.69, 9.17) is 4.74 Å². The fourth-order valence-corrected chi connectivity index (χ4v) is 1.97. The Labute approximate surface area is 117 Å². The Morgan fingerprint density at radius 3 is 2.75 bits per heavy atom. The number of rotatable bonds is 6. The lowest BCUT2D eigenvalue weighted by Gasteiger charge is -2.08.